The fourth-order valence-electron chi connectivity index (χ4n) is 3.24. The number of ether oxygens (including phenoxy) is 1. The van der Waals surface area contributed by atoms with Crippen LogP contribution in [-0.2, 0) is 13.0 Å². The quantitative estimate of drug-likeness (QED) is 0.628. The Bertz CT molecular complexity index is 1040. The van der Waals surface area contributed by atoms with Gasteiger partial charge in [0.15, 0.2) is 11.6 Å². The molecule has 134 valence electrons. The summed E-state index contributed by atoms with van der Waals surface area (Å²) in [6.45, 7) is 10.5. The van der Waals surface area contributed by atoms with Crippen molar-refractivity contribution in [3.05, 3.63) is 82.8 Å². The number of rotatable bonds is 3. The number of hydrogen-bond donors (Lipinski definition) is 0. The van der Waals surface area contributed by atoms with Crippen molar-refractivity contribution in [2.45, 2.75) is 19.9 Å². The Morgan fingerprint density at radius 3 is 2.81 bits per heavy atom. The Kier molecular flexibility index (Phi) is 4.43. The van der Waals surface area contributed by atoms with E-state index in [9.17, 15) is 4.39 Å². The number of hydrogen-bond acceptors (Lipinski definition) is 4. The number of fused-ring (bicyclic) bond motifs is 1. The number of halogens is 1. The van der Waals surface area contributed by atoms with Gasteiger partial charge in [0.1, 0.15) is 11.6 Å². The van der Waals surface area contributed by atoms with Crippen molar-refractivity contribution >= 4 is 11.5 Å². The Hall–Kier alpha value is -3.46. The molecule has 6 heteroatoms. The molecule has 0 saturated carbocycles. The first kappa shape index (κ1) is 17.0. The van der Waals surface area contributed by atoms with Gasteiger partial charge in [0.2, 0.25) is 5.69 Å². The second kappa shape index (κ2) is 7.04. The van der Waals surface area contributed by atoms with Gasteiger partial charge < -0.3 is 9.64 Å². The molecule has 0 radical (unpaired) electrons. The minimum Gasteiger partial charge on any atom is -0.453 e. The number of anilines is 1. The van der Waals surface area contributed by atoms with Crippen molar-refractivity contribution < 1.29 is 9.13 Å². The van der Waals surface area contributed by atoms with E-state index in [2.05, 4.69) is 19.7 Å². The minimum absolute atomic E-state index is 0.180. The molecule has 0 spiro atoms. The summed E-state index contributed by atoms with van der Waals surface area (Å²) in [4.78, 5) is 14.5. The van der Waals surface area contributed by atoms with E-state index in [1.807, 2.05) is 19.1 Å². The van der Waals surface area contributed by atoms with Gasteiger partial charge in [-0.1, -0.05) is 12.1 Å². The maximum Gasteiger partial charge on any atom is 0.205 e. The van der Waals surface area contributed by atoms with Gasteiger partial charge in [-0.3, -0.25) is 9.97 Å². The van der Waals surface area contributed by atoms with E-state index in [4.69, 9.17) is 11.3 Å². The molecule has 0 unspecified atom stereocenters. The number of aryl methyl sites for hydroxylation is 1. The zero-order valence-corrected chi connectivity index (χ0v) is 14.8. The van der Waals surface area contributed by atoms with Gasteiger partial charge in [-0.05, 0) is 42.3 Å². The molecule has 0 bridgehead atoms. The lowest BCUT2D eigenvalue weighted by molar-refractivity contribution is 0.439. The molecular formula is C21H17FN4O. The van der Waals surface area contributed by atoms with Crippen molar-refractivity contribution in [2.75, 3.05) is 11.4 Å². The van der Waals surface area contributed by atoms with Crippen molar-refractivity contribution in [3.8, 4) is 11.5 Å². The number of aromatic nitrogens is 2. The third kappa shape index (κ3) is 3.44. The maximum atomic E-state index is 13.8. The number of nitrogens with zero attached hydrogens (tertiary/aromatic N) is 4. The largest absolute Gasteiger partial charge is 0.453 e. The average Bonchev–Trinajstić information content (AvgIpc) is 2.69. The second-order valence-electron chi connectivity index (χ2n) is 6.43. The smallest absolute Gasteiger partial charge is 0.205 e. The van der Waals surface area contributed by atoms with Crippen molar-refractivity contribution in [2.24, 2.45) is 0 Å². The summed E-state index contributed by atoms with van der Waals surface area (Å²) >= 11 is 0. The predicted octanol–water partition coefficient (Wildman–Crippen LogP) is 4.83. The highest BCUT2D eigenvalue weighted by molar-refractivity contribution is 5.56. The molecule has 0 amide bonds. The highest BCUT2D eigenvalue weighted by atomic mass is 19.1. The van der Waals surface area contributed by atoms with E-state index in [1.54, 1.807) is 30.6 Å². The molecular weight excluding hydrogens is 343 g/mol. The van der Waals surface area contributed by atoms with Crippen molar-refractivity contribution in [1.29, 1.82) is 0 Å². The predicted molar refractivity (Wildman–Crippen MR) is 101 cm³/mol. The van der Waals surface area contributed by atoms with Gasteiger partial charge in [0.05, 0.1) is 12.8 Å². The SMILES string of the molecule is [C-]#[N+]c1cnc(N2CCc3ncc(Oc4ccccc4F)cc3C2)c(C)c1. The van der Waals surface area contributed by atoms with Gasteiger partial charge in [-0.15, -0.1) is 0 Å². The van der Waals surface area contributed by atoms with Crippen molar-refractivity contribution in [1.82, 2.24) is 9.97 Å². The van der Waals surface area contributed by atoms with Gasteiger partial charge in [0, 0.05) is 31.4 Å². The first-order valence-electron chi connectivity index (χ1n) is 8.63. The third-order valence-corrected chi connectivity index (χ3v) is 4.54. The van der Waals surface area contributed by atoms with Gasteiger partial charge in [-0.2, -0.15) is 0 Å². The number of benzene rings is 1. The molecule has 2 aromatic heterocycles. The molecule has 0 atom stereocenters. The molecule has 3 aromatic rings. The topological polar surface area (TPSA) is 42.6 Å². The normalized spacial score (nSPS) is 13.0. The van der Waals surface area contributed by atoms with Crippen LogP contribution in [0.2, 0.25) is 0 Å². The van der Waals surface area contributed by atoms with Gasteiger partial charge in [-0.25, -0.2) is 9.24 Å². The molecule has 0 saturated heterocycles. The molecule has 27 heavy (non-hydrogen) atoms. The highest BCUT2D eigenvalue weighted by Crippen LogP contribution is 2.30. The van der Waals surface area contributed by atoms with Crippen molar-refractivity contribution in [3.63, 3.8) is 0 Å². The summed E-state index contributed by atoms with van der Waals surface area (Å²) in [5.41, 5.74) is 3.56. The zero-order chi connectivity index (χ0) is 18.8. The standard InChI is InChI=1S/C21H17FN4O/c1-14-9-16(23-2)11-25-21(14)26-8-7-19-15(13-26)10-17(12-24-19)27-20-6-4-3-5-18(20)22/h3-6,9-12H,7-8,13H2,1H3. The molecule has 4 rings (SSSR count). The van der Waals surface area contributed by atoms with E-state index in [0.29, 0.717) is 18.0 Å². The third-order valence-electron chi connectivity index (χ3n) is 4.54. The van der Waals surface area contributed by atoms with Crippen LogP contribution in [0.1, 0.15) is 16.8 Å². The summed E-state index contributed by atoms with van der Waals surface area (Å²) in [5, 5.41) is 0. The lowest BCUT2D eigenvalue weighted by Crippen LogP contribution is -2.32. The summed E-state index contributed by atoms with van der Waals surface area (Å²) < 4.78 is 19.5. The molecule has 5 nitrogen and oxygen atoms in total. The van der Waals surface area contributed by atoms with Crippen LogP contribution in [0.25, 0.3) is 4.85 Å². The van der Waals surface area contributed by atoms with E-state index >= 15 is 0 Å². The molecule has 1 aromatic carbocycles. The van der Waals surface area contributed by atoms with E-state index in [0.717, 1.165) is 35.6 Å². The van der Waals surface area contributed by atoms with Crippen LogP contribution in [0, 0.1) is 19.3 Å². The maximum absolute atomic E-state index is 13.8. The molecule has 0 fully saturated rings. The van der Waals surface area contributed by atoms with Crippen LogP contribution in [-0.4, -0.2) is 16.5 Å². The molecule has 1 aliphatic rings. The van der Waals surface area contributed by atoms with Gasteiger partial charge in [0.25, 0.3) is 0 Å². The van der Waals surface area contributed by atoms with E-state index in [-0.39, 0.29) is 5.75 Å². The number of para-hydroxylation sites is 1. The van der Waals surface area contributed by atoms with Crippen LogP contribution in [0.4, 0.5) is 15.9 Å². The van der Waals surface area contributed by atoms with Crippen LogP contribution in [0.15, 0.2) is 48.8 Å². The summed E-state index contributed by atoms with van der Waals surface area (Å²) in [6, 6.07) is 10.1. The zero-order valence-electron chi connectivity index (χ0n) is 14.8. The van der Waals surface area contributed by atoms with Crippen LogP contribution in [0.5, 0.6) is 11.5 Å². The first-order valence-corrected chi connectivity index (χ1v) is 8.63. The van der Waals surface area contributed by atoms with E-state index < -0.39 is 5.82 Å². The molecule has 1 aliphatic heterocycles. The van der Waals surface area contributed by atoms with Crippen LogP contribution < -0.4 is 9.64 Å². The lowest BCUT2D eigenvalue weighted by atomic mass is 10.0. The Balaban J connectivity index is 1.59. The van der Waals surface area contributed by atoms with Crippen LogP contribution >= 0.6 is 0 Å². The Morgan fingerprint density at radius 2 is 2.04 bits per heavy atom. The minimum atomic E-state index is -0.406. The molecule has 0 N–H and O–H groups in total. The summed E-state index contributed by atoms with van der Waals surface area (Å²) in [7, 11) is 0. The highest BCUT2D eigenvalue weighted by Gasteiger charge is 2.21. The summed E-state index contributed by atoms with van der Waals surface area (Å²) in [5.74, 6) is 1.15. The average molecular weight is 360 g/mol. The lowest BCUT2D eigenvalue weighted by Gasteiger charge is -2.30. The fourth-order valence-corrected chi connectivity index (χ4v) is 3.24. The van der Waals surface area contributed by atoms with E-state index in [1.165, 1.54) is 6.07 Å². The monoisotopic (exact) mass is 360 g/mol. The fraction of sp³-hybridized carbons (Fsp3) is 0.190. The van der Waals surface area contributed by atoms with Crippen LogP contribution in [0.3, 0.4) is 0 Å². The molecule has 0 aliphatic carbocycles. The Labute approximate surface area is 156 Å². The van der Waals surface area contributed by atoms with Gasteiger partial charge >= 0.3 is 0 Å². The second-order valence-corrected chi connectivity index (χ2v) is 6.43. The Morgan fingerprint density at radius 1 is 1.19 bits per heavy atom. The number of pyridine rings is 2. The first-order chi connectivity index (χ1) is 13.1. The summed E-state index contributed by atoms with van der Waals surface area (Å²) in [6.07, 6.45) is 4.02. The molecule has 3 heterocycles.